The molecule has 106 valence electrons. The molecule has 0 aliphatic carbocycles. The molecule has 0 spiro atoms. The lowest BCUT2D eigenvalue weighted by Crippen LogP contribution is -2.24. The van der Waals surface area contributed by atoms with Crippen LogP contribution in [-0.2, 0) is 6.54 Å². The smallest absolute Gasteiger partial charge is 0.407 e. The van der Waals surface area contributed by atoms with Gasteiger partial charge in [0.2, 0.25) is 0 Å². The van der Waals surface area contributed by atoms with Crippen LogP contribution >= 0.6 is 11.3 Å². The average Bonchev–Trinajstić information content (AvgIpc) is 2.88. The summed E-state index contributed by atoms with van der Waals surface area (Å²) in [6, 6.07) is 12.0. The summed E-state index contributed by atoms with van der Waals surface area (Å²) in [5, 5.41) is 8.99. The van der Waals surface area contributed by atoms with Crippen LogP contribution in [0.4, 0.5) is 4.79 Å². The largest absolute Gasteiger partial charge is 0.465 e. The van der Waals surface area contributed by atoms with Gasteiger partial charge in [0.15, 0.2) is 0 Å². The third-order valence-corrected chi connectivity index (χ3v) is 4.41. The second-order valence-corrected chi connectivity index (χ2v) is 5.90. The fourth-order valence-corrected chi connectivity index (χ4v) is 2.99. The number of thiophene rings is 1. The molecule has 0 unspecified atom stereocenters. The number of rotatable bonds is 4. The van der Waals surface area contributed by atoms with E-state index in [2.05, 4.69) is 0 Å². The number of hydrogen-bond acceptors (Lipinski definition) is 3. The zero-order valence-electron chi connectivity index (χ0n) is 11.5. The van der Waals surface area contributed by atoms with Gasteiger partial charge in [0.1, 0.15) is 0 Å². The highest BCUT2D eigenvalue weighted by Crippen LogP contribution is 2.33. The molecule has 1 amide bonds. The van der Waals surface area contributed by atoms with Crippen molar-refractivity contribution in [2.45, 2.75) is 19.5 Å². The zero-order valence-corrected chi connectivity index (χ0v) is 12.4. The molecule has 1 aromatic carbocycles. The van der Waals surface area contributed by atoms with Crippen molar-refractivity contribution in [3.8, 4) is 10.4 Å². The van der Waals surface area contributed by atoms with Gasteiger partial charge in [-0.05, 0) is 30.2 Å². The minimum absolute atomic E-state index is 0.0163. The maximum absolute atomic E-state index is 11.0. The minimum atomic E-state index is -0.928. The van der Waals surface area contributed by atoms with Crippen LogP contribution in [0.3, 0.4) is 0 Å². The van der Waals surface area contributed by atoms with E-state index < -0.39 is 6.09 Å². The number of hydrogen-bond donors (Lipinski definition) is 2. The van der Waals surface area contributed by atoms with E-state index in [1.54, 1.807) is 18.4 Å². The van der Waals surface area contributed by atoms with Crippen LogP contribution < -0.4 is 5.73 Å². The molecule has 0 saturated heterocycles. The molecule has 1 aromatic heterocycles. The molecule has 1 heterocycles. The first-order valence-electron chi connectivity index (χ1n) is 6.36. The molecular weight excluding hydrogens is 272 g/mol. The quantitative estimate of drug-likeness (QED) is 0.905. The van der Waals surface area contributed by atoms with E-state index in [1.807, 2.05) is 43.3 Å². The monoisotopic (exact) mass is 290 g/mol. The van der Waals surface area contributed by atoms with Crippen molar-refractivity contribution in [2.75, 3.05) is 7.05 Å². The Labute approximate surface area is 122 Å². The van der Waals surface area contributed by atoms with Crippen LogP contribution in [0.1, 0.15) is 23.4 Å². The molecule has 1 atom stereocenters. The van der Waals surface area contributed by atoms with Crippen LogP contribution in [-0.4, -0.2) is 23.1 Å². The van der Waals surface area contributed by atoms with Crippen LogP contribution in [0.15, 0.2) is 36.4 Å². The van der Waals surface area contributed by atoms with Crippen molar-refractivity contribution < 1.29 is 9.90 Å². The molecule has 2 aromatic rings. The SMILES string of the molecule is C[C@@H](N)c1ccc(-c2ccccc2CN(C)C(=O)O)s1. The van der Waals surface area contributed by atoms with Crippen LogP contribution in [0.25, 0.3) is 10.4 Å². The van der Waals surface area contributed by atoms with Crippen molar-refractivity contribution in [3.05, 3.63) is 46.8 Å². The van der Waals surface area contributed by atoms with Crippen molar-refractivity contribution >= 4 is 17.4 Å². The van der Waals surface area contributed by atoms with E-state index in [1.165, 1.54) is 4.90 Å². The Bertz CT molecular complexity index is 607. The van der Waals surface area contributed by atoms with Gasteiger partial charge in [-0.25, -0.2) is 4.79 Å². The van der Waals surface area contributed by atoms with E-state index >= 15 is 0 Å². The number of carbonyl (C=O) groups is 1. The maximum Gasteiger partial charge on any atom is 0.407 e. The minimum Gasteiger partial charge on any atom is -0.465 e. The summed E-state index contributed by atoms with van der Waals surface area (Å²) in [6.45, 7) is 2.33. The van der Waals surface area contributed by atoms with E-state index in [0.717, 1.165) is 20.9 Å². The molecule has 0 aliphatic rings. The topological polar surface area (TPSA) is 66.6 Å². The third kappa shape index (κ3) is 3.18. The first kappa shape index (κ1) is 14.6. The Hall–Kier alpha value is -1.85. The van der Waals surface area contributed by atoms with Crippen LogP contribution in [0.2, 0.25) is 0 Å². The molecule has 0 fully saturated rings. The highest BCUT2D eigenvalue weighted by atomic mass is 32.1. The second-order valence-electron chi connectivity index (χ2n) is 4.79. The number of benzene rings is 1. The summed E-state index contributed by atoms with van der Waals surface area (Å²) < 4.78 is 0. The molecule has 0 aliphatic heterocycles. The number of nitrogens with zero attached hydrogens (tertiary/aromatic N) is 1. The van der Waals surface area contributed by atoms with E-state index in [4.69, 9.17) is 10.8 Å². The van der Waals surface area contributed by atoms with Crippen LogP contribution in [0.5, 0.6) is 0 Å². The van der Waals surface area contributed by atoms with Gasteiger partial charge in [-0.1, -0.05) is 24.3 Å². The fourth-order valence-electron chi connectivity index (χ4n) is 1.96. The molecule has 4 nitrogen and oxygen atoms in total. The molecule has 0 radical (unpaired) electrons. The average molecular weight is 290 g/mol. The van der Waals surface area contributed by atoms with E-state index in [-0.39, 0.29) is 6.04 Å². The summed E-state index contributed by atoms with van der Waals surface area (Å²) in [5.74, 6) is 0. The fraction of sp³-hybridized carbons (Fsp3) is 0.267. The number of carboxylic acid groups (broad SMARTS) is 1. The van der Waals surface area contributed by atoms with Crippen molar-refractivity contribution in [1.29, 1.82) is 0 Å². The Morgan fingerprint density at radius 1 is 1.35 bits per heavy atom. The maximum atomic E-state index is 11.0. The molecule has 20 heavy (non-hydrogen) atoms. The van der Waals surface area contributed by atoms with Crippen molar-refractivity contribution in [3.63, 3.8) is 0 Å². The Morgan fingerprint density at radius 3 is 2.65 bits per heavy atom. The summed E-state index contributed by atoms with van der Waals surface area (Å²) in [6.07, 6.45) is -0.928. The standard InChI is InChI=1S/C15H18N2O2S/c1-10(16)13-7-8-14(20-13)12-6-4-3-5-11(12)9-17(2)15(18)19/h3-8,10H,9,16H2,1-2H3,(H,18,19)/t10-/m1/s1. The number of nitrogens with two attached hydrogens (primary N) is 1. The van der Waals surface area contributed by atoms with E-state index in [0.29, 0.717) is 6.54 Å². The predicted molar refractivity (Wildman–Crippen MR) is 81.8 cm³/mol. The van der Waals surface area contributed by atoms with Gasteiger partial charge >= 0.3 is 6.09 Å². The lowest BCUT2D eigenvalue weighted by Gasteiger charge is -2.15. The summed E-state index contributed by atoms with van der Waals surface area (Å²) in [7, 11) is 1.57. The Balaban J connectivity index is 2.33. The molecular formula is C15H18N2O2S. The van der Waals surface area contributed by atoms with Gasteiger partial charge < -0.3 is 15.7 Å². The van der Waals surface area contributed by atoms with Gasteiger partial charge in [-0.15, -0.1) is 11.3 Å². The van der Waals surface area contributed by atoms with Crippen molar-refractivity contribution in [1.82, 2.24) is 4.90 Å². The van der Waals surface area contributed by atoms with Gasteiger partial charge in [-0.2, -0.15) is 0 Å². The van der Waals surface area contributed by atoms with Gasteiger partial charge in [0, 0.05) is 29.4 Å². The zero-order chi connectivity index (χ0) is 14.7. The first-order chi connectivity index (χ1) is 9.49. The second kappa shape index (κ2) is 6.07. The van der Waals surface area contributed by atoms with Crippen LogP contribution in [0, 0.1) is 0 Å². The third-order valence-electron chi connectivity index (χ3n) is 3.09. The molecule has 2 rings (SSSR count). The summed E-state index contributed by atoms with van der Waals surface area (Å²) in [5.41, 5.74) is 7.95. The Morgan fingerprint density at radius 2 is 2.05 bits per heavy atom. The van der Waals surface area contributed by atoms with Gasteiger partial charge in [0.05, 0.1) is 0 Å². The van der Waals surface area contributed by atoms with E-state index in [9.17, 15) is 4.79 Å². The summed E-state index contributed by atoms with van der Waals surface area (Å²) in [4.78, 5) is 14.5. The first-order valence-corrected chi connectivity index (χ1v) is 7.18. The highest BCUT2D eigenvalue weighted by molar-refractivity contribution is 7.15. The molecule has 3 N–H and O–H groups in total. The van der Waals surface area contributed by atoms with Gasteiger partial charge in [0.25, 0.3) is 0 Å². The van der Waals surface area contributed by atoms with Crippen molar-refractivity contribution in [2.24, 2.45) is 5.73 Å². The highest BCUT2D eigenvalue weighted by Gasteiger charge is 2.12. The molecule has 5 heteroatoms. The predicted octanol–water partition coefficient (Wildman–Crippen LogP) is 3.54. The summed E-state index contributed by atoms with van der Waals surface area (Å²) >= 11 is 1.65. The normalized spacial score (nSPS) is 12.2. The lowest BCUT2D eigenvalue weighted by atomic mass is 10.1. The lowest BCUT2D eigenvalue weighted by molar-refractivity contribution is 0.154. The van der Waals surface area contributed by atoms with Gasteiger partial charge in [-0.3, -0.25) is 0 Å². The number of amides is 1. The molecule has 0 bridgehead atoms. The Kier molecular flexibility index (Phi) is 4.42. The molecule has 0 saturated carbocycles.